The van der Waals surface area contributed by atoms with Crippen molar-refractivity contribution in [3.8, 4) is 0 Å². The van der Waals surface area contributed by atoms with E-state index in [0.29, 0.717) is 32.6 Å². The van der Waals surface area contributed by atoms with Crippen molar-refractivity contribution in [3.63, 3.8) is 0 Å². The lowest BCUT2D eigenvalue weighted by Crippen LogP contribution is -2.51. The van der Waals surface area contributed by atoms with Crippen LogP contribution in [0.5, 0.6) is 0 Å². The van der Waals surface area contributed by atoms with Gasteiger partial charge in [0.25, 0.3) is 0 Å². The average Bonchev–Trinajstić information content (AvgIpc) is 3.39. The number of carbonyl (C=O) groups excluding carboxylic acids is 1. The Hall–Kier alpha value is -1.86. The maximum atomic E-state index is 12.6. The van der Waals surface area contributed by atoms with Gasteiger partial charge < -0.3 is 9.88 Å². The summed E-state index contributed by atoms with van der Waals surface area (Å²) < 4.78 is 26.0. The molecule has 2 aromatic rings. The third kappa shape index (κ3) is 2.82. The molecule has 1 saturated carbocycles. The summed E-state index contributed by atoms with van der Waals surface area (Å²) in [5.74, 6) is 0.0585. The van der Waals surface area contributed by atoms with E-state index < -0.39 is 10.0 Å². The van der Waals surface area contributed by atoms with Crippen molar-refractivity contribution in [1.82, 2.24) is 14.2 Å². The number of aromatic amines is 1. The molecule has 24 heavy (non-hydrogen) atoms. The van der Waals surface area contributed by atoms with Gasteiger partial charge in [0.15, 0.2) is 0 Å². The number of rotatable bonds is 4. The molecule has 1 aromatic carbocycles. The number of amides is 1. The topological polar surface area (TPSA) is 73.5 Å². The molecular weight excluding hydrogens is 326 g/mol. The Morgan fingerprint density at radius 1 is 1.12 bits per heavy atom. The highest BCUT2D eigenvalue weighted by atomic mass is 32.2. The van der Waals surface area contributed by atoms with E-state index in [9.17, 15) is 13.2 Å². The Kier molecular flexibility index (Phi) is 3.85. The first-order chi connectivity index (χ1) is 11.6. The van der Waals surface area contributed by atoms with Crippen LogP contribution in [-0.4, -0.2) is 59.9 Å². The van der Waals surface area contributed by atoms with Gasteiger partial charge in [0.1, 0.15) is 0 Å². The van der Waals surface area contributed by atoms with Crippen molar-refractivity contribution < 1.29 is 13.2 Å². The molecule has 128 valence electrons. The van der Waals surface area contributed by atoms with Gasteiger partial charge >= 0.3 is 0 Å². The van der Waals surface area contributed by atoms with Gasteiger partial charge in [-0.3, -0.25) is 4.79 Å². The molecule has 2 heterocycles. The second-order valence-electron chi connectivity index (χ2n) is 6.56. The fraction of sp³-hybridized carbons (Fsp3) is 0.471. The number of piperazine rings is 1. The Morgan fingerprint density at radius 2 is 1.83 bits per heavy atom. The fourth-order valence-corrected chi connectivity index (χ4v) is 5.15. The van der Waals surface area contributed by atoms with Gasteiger partial charge in [-0.2, -0.15) is 4.31 Å². The summed E-state index contributed by atoms with van der Waals surface area (Å²) in [6.07, 6.45) is 3.79. The summed E-state index contributed by atoms with van der Waals surface area (Å²) in [6.45, 7) is 1.79. The van der Waals surface area contributed by atoms with Gasteiger partial charge in [-0.15, -0.1) is 0 Å². The molecule has 2 aliphatic rings. The van der Waals surface area contributed by atoms with Crippen LogP contribution in [0, 0.1) is 0 Å². The number of H-pyrrole nitrogens is 1. The Bertz CT molecular complexity index is 862. The molecule has 0 atom stereocenters. The molecule has 7 heteroatoms. The van der Waals surface area contributed by atoms with Crippen LogP contribution >= 0.6 is 0 Å². The highest BCUT2D eigenvalue weighted by molar-refractivity contribution is 7.90. The van der Waals surface area contributed by atoms with Crippen LogP contribution in [0.4, 0.5) is 0 Å². The average molecular weight is 347 g/mol. The summed E-state index contributed by atoms with van der Waals surface area (Å²) in [7, 11) is -3.13. The summed E-state index contributed by atoms with van der Waals surface area (Å²) in [4.78, 5) is 17.5. The van der Waals surface area contributed by atoms with Gasteiger partial charge in [0.05, 0.1) is 11.7 Å². The van der Waals surface area contributed by atoms with Gasteiger partial charge in [0, 0.05) is 43.3 Å². The summed E-state index contributed by atoms with van der Waals surface area (Å²) >= 11 is 0. The van der Waals surface area contributed by atoms with Crippen molar-refractivity contribution in [3.05, 3.63) is 36.0 Å². The predicted octanol–water partition coefficient (Wildman–Crippen LogP) is 1.35. The lowest BCUT2D eigenvalue weighted by molar-refractivity contribution is -0.131. The largest absolute Gasteiger partial charge is 0.361 e. The van der Waals surface area contributed by atoms with Crippen LogP contribution in [0.1, 0.15) is 18.4 Å². The van der Waals surface area contributed by atoms with E-state index >= 15 is 0 Å². The van der Waals surface area contributed by atoms with Gasteiger partial charge in [-0.05, 0) is 24.5 Å². The minimum atomic E-state index is -3.13. The molecule has 1 amide bonds. The second-order valence-corrected chi connectivity index (χ2v) is 8.77. The highest BCUT2D eigenvalue weighted by Gasteiger charge is 2.41. The molecule has 2 fully saturated rings. The molecule has 0 unspecified atom stereocenters. The number of para-hydroxylation sites is 1. The lowest BCUT2D eigenvalue weighted by atomic mass is 10.1. The number of fused-ring (bicyclic) bond motifs is 1. The van der Waals surface area contributed by atoms with Gasteiger partial charge in [-0.25, -0.2) is 8.42 Å². The van der Waals surface area contributed by atoms with Crippen molar-refractivity contribution in [2.24, 2.45) is 0 Å². The first-order valence-corrected chi connectivity index (χ1v) is 9.88. The Balaban J connectivity index is 1.40. The molecule has 6 nitrogen and oxygen atoms in total. The monoisotopic (exact) mass is 347 g/mol. The van der Waals surface area contributed by atoms with E-state index in [2.05, 4.69) is 4.98 Å². The first-order valence-electron chi connectivity index (χ1n) is 8.37. The standard InChI is InChI=1S/C17H21N3O3S/c21-17(11-13-12-18-16-4-2-1-3-15(13)16)19-7-9-20(10-8-19)24(22,23)14-5-6-14/h1-4,12,14,18H,5-11H2. The number of carbonyl (C=O) groups is 1. The summed E-state index contributed by atoms with van der Waals surface area (Å²) in [6, 6.07) is 7.93. The molecule has 1 saturated heterocycles. The number of benzene rings is 1. The van der Waals surface area contributed by atoms with Crippen molar-refractivity contribution in [2.75, 3.05) is 26.2 Å². The molecule has 1 N–H and O–H groups in total. The van der Waals surface area contributed by atoms with E-state index in [1.54, 1.807) is 9.21 Å². The van der Waals surface area contributed by atoms with E-state index in [-0.39, 0.29) is 11.2 Å². The van der Waals surface area contributed by atoms with Crippen LogP contribution in [0.3, 0.4) is 0 Å². The SMILES string of the molecule is O=C(Cc1c[nH]c2ccccc12)N1CCN(S(=O)(=O)C2CC2)CC1. The third-order valence-electron chi connectivity index (χ3n) is 4.91. The fourth-order valence-electron chi connectivity index (χ4n) is 3.32. The predicted molar refractivity (Wildman–Crippen MR) is 92.1 cm³/mol. The van der Waals surface area contributed by atoms with Crippen molar-refractivity contribution in [1.29, 1.82) is 0 Å². The molecule has 1 aliphatic heterocycles. The molecule has 0 radical (unpaired) electrons. The number of aromatic nitrogens is 1. The minimum Gasteiger partial charge on any atom is -0.361 e. The van der Waals surface area contributed by atoms with Crippen molar-refractivity contribution in [2.45, 2.75) is 24.5 Å². The molecule has 1 aromatic heterocycles. The van der Waals surface area contributed by atoms with E-state index in [4.69, 9.17) is 0 Å². The number of sulfonamides is 1. The number of nitrogens with zero attached hydrogens (tertiary/aromatic N) is 2. The van der Waals surface area contributed by atoms with E-state index in [1.165, 1.54) is 0 Å². The lowest BCUT2D eigenvalue weighted by Gasteiger charge is -2.34. The molecule has 1 aliphatic carbocycles. The van der Waals surface area contributed by atoms with Crippen LogP contribution < -0.4 is 0 Å². The maximum Gasteiger partial charge on any atom is 0.227 e. The Labute approximate surface area is 141 Å². The Morgan fingerprint density at radius 3 is 2.54 bits per heavy atom. The number of nitrogens with one attached hydrogen (secondary N) is 1. The summed E-state index contributed by atoms with van der Waals surface area (Å²) in [5, 5.41) is 0.895. The maximum absolute atomic E-state index is 12.6. The molecule has 0 spiro atoms. The molecule has 0 bridgehead atoms. The van der Waals surface area contributed by atoms with Crippen molar-refractivity contribution >= 4 is 26.8 Å². The number of hydrogen-bond donors (Lipinski definition) is 1. The minimum absolute atomic E-state index is 0.0585. The zero-order valence-corrected chi connectivity index (χ0v) is 14.3. The van der Waals surface area contributed by atoms with E-state index in [1.807, 2.05) is 30.5 Å². The third-order valence-corrected chi connectivity index (χ3v) is 7.31. The quantitative estimate of drug-likeness (QED) is 0.907. The first kappa shape index (κ1) is 15.7. The van der Waals surface area contributed by atoms with Crippen LogP contribution in [-0.2, 0) is 21.2 Å². The highest BCUT2D eigenvalue weighted by Crippen LogP contribution is 2.31. The smallest absolute Gasteiger partial charge is 0.227 e. The zero-order chi connectivity index (χ0) is 16.7. The van der Waals surface area contributed by atoms with E-state index in [0.717, 1.165) is 29.3 Å². The van der Waals surface area contributed by atoms with Crippen LogP contribution in [0.2, 0.25) is 0 Å². The summed E-state index contributed by atoms with van der Waals surface area (Å²) in [5.41, 5.74) is 2.02. The van der Waals surface area contributed by atoms with Gasteiger partial charge in [0.2, 0.25) is 15.9 Å². The molecular formula is C17H21N3O3S. The van der Waals surface area contributed by atoms with Gasteiger partial charge in [-0.1, -0.05) is 18.2 Å². The van der Waals surface area contributed by atoms with Crippen LogP contribution in [0.15, 0.2) is 30.5 Å². The zero-order valence-electron chi connectivity index (χ0n) is 13.4. The van der Waals surface area contributed by atoms with Crippen LogP contribution in [0.25, 0.3) is 10.9 Å². The molecule has 4 rings (SSSR count). The second kappa shape index (κ2) is 5.89. The normalized spacial score (nSPS) is 19.8. The number of hydrogen-bond acceptors (Lipinski definition) is 3.